The predicted molar refractivity (Wildman–Crippen MR) is 92.7 cm³/mol. The third-order valence-electron chi connectivity index (χ3n) is 3.92. The first-order valence-corrected chi connectivity index (χ1v) is 10.3. The Morgan fingerprint density at radius 2 is 2.08 bits per heavy atom. The number of aromatic nitrogens is 2. The summed E-state index contributed by atoms with van der Waals surface area (Å²) in [5.74, 6) is -0.0521. The lowest BCUT2D eigenvalue weighted by Crippen LogP contribution is -2.44. The summed E-state index contributed by atoms with van der Waals surface area (Å²) in [4.78, 5) is 0. The van der Waals surface area contributed by atoms with Crippen LogP contribution in [-0.2, 0) is 16.3 Å². The van der Waals surface area contributed by atoms with Gasteiger partial charge in [-0.25, -0.2) is 12.8 Å². The zero-order chi connectivity index (χ0) is 17.0. The molecule has 1 aliphatic heterocycles. The first-order chi connectivity index (χ1) is 11.5. The predicted octanol–water partition coefficient (Wildman–Crippen LogP) is 1.46. The van der Waals surface area contributed by atoms with Crippen molar-refractivity contribution in [2.75, 3.05) is 30.7 Å². The van der Waals surface area contributed by atoms with Crippen LogP contribution in [0.4, 0.5) is 9.52 Å². The van der Waals surface area contributed by atoms with E-state index in [2.05, 4.69) is 20.8 Å². The van der Waals surface area contributed by atoms with Crippen molar-refractivity contribution in [3.05, 3.63) is 40.7 Å². The second-order valence-corrected chi connectivity index (χ2v) is 9.18. The quantitative estimate of drug-likeness (QED) is 0.801. The normalized spacial score (nSPS) is 20.0. The molecule has 1 atom stereocenters. The number of nitrogens with one attached hydrogen (secondary N) is 2. The minimum atomic E-state index is -2.98. The van der Waals surface area contributed by atoms with E-state index in [0.717, 1.165) is 10.6 Å². The summed E-state index contributed by atoms with van der Waals surface area (Å²) < 4.78 is 36.8. The van der Waals surface area contributed by atoms with Crippen molar-refractivity contribution >= 4 is 26.3 Å². The smallest absolute Gasteiger partial charge is 0.205 e. The topological polar surface area (TPSA) is 84.0 Å². The number of anilines is 1. The molecular weight excluding hydrogens is 351 g/mol. The Bertz CT molecular complexity index is 777. The highest BCUT2D eigenvalue weighted by Gasteiger charge is 2.28. The SMILES string of the molecule is O=S1(=O)CCNCC1CCNc1nnc(Cc2ccc(F)cc2)s1. The second kappa shape index (κ2) is 7.54. The standard InChI is InChI=1S/C15H19FN4O2S2/c16-12-3-1-11(2-4-12)9-14-19-20-15(23-14)18-6-5-13-10-17-7-8-24(13,21)22/h1-4,13,17H,5-10H2,(H,18,20). The fourth-order valence-corrected chi connectivity index (χ4v) is 4.98. The van der Waals surface area contributed by atoms with Crippen LogP contribution >= 0.6 is 11.3 Å². The van der Waals surface area contributed by atoms with Crippen LogP contribution in [0.25, 0.3) is 0 Å². The molecule has 6 nitrogen and oxygen atoms in total. The van der Waals surface area contributed by atoms with Gasteiger partial charge in [-0.15, -0.1) is 10.2 Å². The van der Waals surface area contributed by atoms with Gasteiger partial charge in [-0.05, 0) is 24.1 Å². The third-order valence-corrected chi connectivity index (χ3v) is 6.99. The maximum absolute atomic E-state index is 12.9. The molecular formula is C15H19FN4O2S2. The van der Waals surface area contributed by atoms with Crippen LogP contribution < -0.4 is 10.6 Å². The van der Waals surface area contributed by atoms with Gasteiger partial charge in [0.2, 0.25) is 5.13 Å². The van der Waals surface area contributed by atoms with E-state index in [9.17, 15) is 12.8 Å². The summed E-state index contributed by atoms with van der Waals surface area (Å²) in [6.45, 7) is 1.59. The summed E-state index contributed by atoms with van der Waals surface area (Å²) in [6, 6.07) is 6.30. The molecule has 3 rings (SSSR count). The van der Waals surface area contributed by atoms with Gasteiger partial charge in [0.05, 0.1) is 11.0 Å². The highest BCUT2D eigenvalue weighted by atomic mass is 32.2. The van der Waals surface area contributed by atoms with Crippen LogP contribution in [0.15, 0.2) is 24.3 Å². The van der Waals surface area contributed by atoms with E-state index in [-0.39, 0.29) is 16.8 Å². The molecule has 2 heterocycles. The van der Waals surface area contributed by atoms with Gasteiger partial charge in [0.1, 0.15) is 10.8 Å². The average molecular weight is 370 g/mol. The zero-order valence-electron chi connectivity index (χ0n) is 13.0. The van der Waals surface area contributed by atoms with Crippen molar-refractivity contribution in [1.82, 2.24) is 15.5 Å². The maximum Gasteiger partial charge on any atom is 0.205 e. The van der Waals surface area contributed by atoms with Crippen molar-refractivity contribution in [1.29, 1.82) is 0 Å². The summed E-state index contributed by atoms with van der Waals surface area (Å²) in [6.07, 6.45) is 1.14. The number of rotatable bonds is 6. The number of hydrogen-bond donors (Lipinski definition) is 2. The van der Waals surface area contributed by atoms with Crippen molar-refractivity contribution in [3.8, 4) is 0 Å². The highest BCUT2D eigenvalue weighted by Crippen LogP contribution is 2.19. The Hall–Kier alpha value is -1.58. The number of nitrogens with zero attached hydrogens (tertiary/aromatic N) is 2. The van der Waals surface area contributed by atoms with Crippen LogP contribution in [0.3, 0.4) is 0 Å². The fourth-order valence-electron chi connectivity index (χ4n) is 2.57. The lowest BCUT2D eigenvalue weighted by atomic mass is 10.2. The molecule has 0 radical (unpaired) electrons. The average Bonchev–Trinajstić information content (AvgIpc) is 2.98. The van der Waals surface area contributed by atoms with E-state index in [1.165, 1.54) is 23.5 Å². The lowest BCUT2D eigenvalue weighted by Gasteiger charge is -2.23. The van der Waals surface area contributed by atoms with Gasteiger partial charge in [-0.1, -0.05) is 23.5 Å². The molecule has 2 aromatic rings. The Morgan fingerprint density at radius 3 is 2.83 bits per heavy atom. The molecule has 130 valence electrons. The van der Waals surface area contributed by atoms with E-state index in [1.54, 1.807) is 12.1 Å². The Morgan fingerprint density at radius 1 is 1.29 bits per heavy atom. The molecule has 1 fully saturated rings. The van der Waals surface area contributed by atoms with Crippen LogP contribution in [-0.4, -0.2) is 49.3 Å². The van der Waals surface area contributed by atoms with Crippen LogP contribution in [0.1, 0.15) is 17.0 Å². The molecule has 2 N–H and O–H groups in total. The minimum absolute atomic E-state index is 0.207. The molecule has 0 aliphatic carbocycles. The van der Waals surface area contributed by atoms with E-state index in [0.29, 0.717) is 37.6 Å². The van der Waals surface area contributed by atoms with Crippen molar-refractivity contribution in [3.63, 3.8) is 0 Å². The van der Waals surface area contributed by atoms with Gasteiger partial charge < -0.3 is 10.6 Å². The largest absolute Gasteiger partial charge is 0.360 e. The van der Waals surface area contributed by atoms with Crippen molar-refractivity contribution in [2.24, 2.45) is 0 Å². The number of benzene rings is 1. The molecule has 9 heteroatoms. The van der Waals surface area contributed by atoms with E-state index >= 15 is 0 Å². The van der Waals surface area contributed by atoms with Crippen molar-refractivity contribution < 1.29 is 12.8 Å². The molecule has 1 aromatic heterocycles. The molecule has 1 saturated heterocycles. The molecule has 0 spiro atoms. The molecule has 1 aromatic carbocycles. The van der Waals surface area contributed by atoms with Gasteiger partial charge in [-0.2, -0.15) is 0 Å². The van der Waals surface area contributed by atoms with E-state index < -0.39 is 9.84 Å². The zero-order valence-corrected chi connectivity index (χ0v) is 14.7. The Labute approximate surface area is 144 Å². The molecule has 0 bridgehead atoms. The molecule has 24 heavy (non-hydrogen) atoms. The summed E-state index contributed by atoms with van der Waals surface area (Å²) >= 11 is 1.43. The molecule has 0 saturated carbocycles. The van der Waals surface area contributed by atoms with Gasteiger partial charge >= 0.3 is 0 Å². The Kier molecular flexibility index (Phi) is 5.42. The van der Waals surface area contributed by atoms with Gasteiger partial charge in [0, 0.05) is 26.1 Å². The number of hydrogen-bond acceptors (Lipinski definition) is 7. The van der Waals surface area contributed by atoms with E-state index in [4.69, 9.17) is 0 Å². The summed E-state index contributed by atoms with van der Waals surface area (Å²) in [7, 11) is -2.98. The number of halogens is 1. The van der Waals surface area contributed by atoms with Crippen LogP contribution in [0, 0.1) is 5.82 Å². The summed E-state index contributed by atoms with van der Waals surface area (Å²) in [5.41, 5.74) is 0.971. The molecule has 1 unspecified atom stereocenters. The van der Waals surface area contributed by atoms with Crippen LogP contribution in [0.2, 0.25) is 0 Å². The first-order valence-electron chi connectivity index (χ1n) is 7.76. The van der Waals surface area contributed by atoms with Gasteiger partial charge in [0.15, 0.2) is 9.84 Å². The molecule has 1 aliphatic rings. The Balaban J connectivity index is 1.50. The third kappa shape index (κ3) is 4.49. The van der Waals surface area contributed by atoms with Crippen LogP contribution in [0.5, 0.6) is 0 Å². The highest BCUT2D eigenvalue weighted by molar-refractivity contribution is 7.92. The maximum atomic E-state index is 12.9. The first kappa shape index (κ1) is 17.2. The fraction of sp³-hybridized carbons (Fsp3) is 0.467. The number of sulfone groups is 1. The van der Waals surface area contributed by atoms with Gasteiger partial charge in [-0.3, -0.25) is 0 Å². The monoisotopic (exact) mass is 370 g/mol. The molecule has 0 amide bonds. The van der Waals surface area contributed by atoms with Gasteiger partial charge in [0.25, 0.3) is 0 Å². The minimum Gasteiger partial charge on any atom is -0.360 e. The lowest BCUT2D eigenvalue weighted by molar-refractivity contribution is 0.537. The van der Waals surface area contributed by atoms with Crippen molar-refractivity contribution in [2.45, 2.75) is 18.1 Å². The summed E-state index contributed by atoms with van der Waals surface area (Å²) in [5, 5.41) is 15.6. The second-order valence-electron chi connectivity index (χ2n) is 5.71. The van der Waals surface area contributed by atoms with E-state index in [1.807, 2.05) is 0 Å².